The molecule has 8 heteroatoms. The zero-order chi connectivity index (χ0) is 13.3. The van der Waals surface area contributed by atoms with Crippen LogP contribution in [0.3, 0.4) is 0 Å². The van der Waals surface area contributed by atoms with E-state index in [-0.39, 0.29) is 15.9 Å². The van der Waals surface area contributed by atoms with E-state index < -0.39 is 10.0 Å². The van der Waals surface area contributed by atoms with Crippen molar-refractivity contribution in [2.75, 3.05) is 10.5 Å². The van der Waals surface area contributed by atoms with Crippen LogP contribution in [0.2, 0.25) is 5.02 Å². The van der Waals surface area contributed by atoms with Crippen molar-refractivity contribution in [3.05, 3.63) is 35.1 Å². The summed E-state index contributed by atoms with van der Waals surface area (Å²) in [6, 6.07) is 2.85. The maximum Gasteiger partial charge on any atom is 0.264 e. The van der Waals surface area contributed by atoms with Gasteiger partial charge in [-0.3, -0.25) is 0 Å². The van der Waals surface area contributed by atoms with E-state index in [0.29, 0.717) is 11.3 Å². The summed E-state index contributed by atoms with van der Waals surface area (Å²) >= 11 is 5.81. The summed E-state index contributed by atoms with van der Waals surface area (Å²) < 4.78 is 26.6. The van der Waals surface area contributed by atoms with Crippen LogP contribution >= 0.6 is 11.6 Å². The first kappa shape index (κ1) is 12.7. The highest BCUT2D eigenvalue weighted by molar-refractivity contribution is 7.92. The van der Waals surface area contributed by atoms with Crippen molar-refractivity contribution in [3.63, 3.8) is 0 Å². The molecule has 1 heterocycles. The van der Waals surface area contributed by atoms with E-state index in [9.17, 15) is 8.42 Å². The Hall–Kier alpha value is -1.73. The molecule has 1 aromatic carbocycles. The van der Waals surface area contributed by atoms with Gasteiger partial charge in [0, 0.05) is 23.1 Å². The fourth-order valence-electron chi connectivity index (χ4n) is 1.46. The first-order valence-corrected chi connectivity index (χ1v) is 6.84. The van der Waals surface area contributed by atoms with Gasteiger partial charge in [0.1, 0.15) is 0 Å². The van der Waals surface area contributed by atoms with E-state index in [1.54, 1.807) is 6.92 Å². The first-order chi connectivity index (χ1) is 8.40. The third-order valence-electron chi connectivity index (χ3n) is 2.38. The minimum absolute atomic E-state index is 0.0314. The molecule has 18 heavy (non-hydrogen) atoms. The van der Waals surface area contributed by atoms with Crippen molar-refractivity contribution in [3.8, 4) is 0 Å². The van der Waals surface area contributed by atoms with Crippen molar-refractivity contribution >= 4 is 33.3 Å². The molecule has 6 nitrogen and oxygen atoms in total. The van der Waals surface area contributed by atoms with Crippen LogP contribution in [-0.4, -0.2) is 18.4 Å². The molecule has 2 rings (SSSR count). The molecular formula is C10H11ClN4O2S. The Morgan fingerprint density at radius 1 is 1.44 bits per heavy atom. The largest absolute Gasteiger partial charge is 0.398 e. The average Bonchev–Trinajstić information content (AvgIpc) is 2.75. The number of benzene rings is 1. The number of hydrogen-bond donors (Lipinski definition) is 3. The van der Waals surface area contributed by atoms with E-state index in [2.05, 4.69) is 14.7 Å². The van der Waals surface area contributed by atoms with Crippen molar-refractivity contribution in [2.45, 2.75) is 11.8 Å². The highest BCUT2D eigenvalue weighted by Gasteiger charge is 2.20. The molecule has 0 radical (unpaired) electrons. The Labute approximate surface area is 109 Å². The van der Waals surface area contributed by atoms with E-state index in [1.165, 1.54) is 24.5 Å². The molecule has 0 spiro atoms. The van der Waals surface area contributed by atoms with Crippen molar-refractivity contribution in [1.82, 2.24) is 9.97 Å². The summed E-state index contributed by atoms with van der Waals surface area (Å²) in [4.78, 5) is 6.47. The average molecular weight is 287 g/mol. The fraction of sp³-hybridized carbons (Fsp3) is 0.100. The number of nitrogen functional groups attached to an aromatic ring is 1. The van der Waals surface area contributed by atoms with Gasteiger partial charge in [0.05, 0.1) is 4.90 Å². The lowest BCUT2D eigenvalue weighted by Crippen LogP contribution is -2.16. The number of imidazole rings is 1. The minimum Gasteiger partial charge on any atom is -0.398 e. The third-order valence-corrected chi connectivity index (χ3v) is 4.07. The maximum absolute atomic E-state index is 12.1. The molecule has 0 atom stereocenters. The van der Waals surface area contributed by atoms with Gasteiger partial charge in [-0.15, -0.1) is 0 Å². The highest BCUT2D eigenvalue weighted by atomic mass is 35.5. The standard InChI is InChI=1S/C10H11ClN4O2S/c1-6-8(12)4-7(11)5-9(6)18(16,17)15-10-13-2-3-14-10/h2-5H,12H2,1H3,(H2,13,14,15). The Morgan fingerprint density at radius 3 is 2.78 bits per heavy atom. The van der Waals surface area contributed by atoms with Gasteiger partial charge < -0.3 is 10.7 Å². The van der Waals surface area contributed by atoms with Crippen LogP contribution in [0.15, 0.2) is 29.4 Å². The van der Waals surface area contributed by atoms with E-state index in [4.69, 9.17) is 17.3 Å². The van der Waals surface area contributed by atoms with Crippen molar-refractivity contribution in [2.24, 2.45) is 0 Å². The molecule has 0 fully saturated rings. The summed E-state index contributed by atoms with van der Waals surface area (Å²) in [6.07, 6.45) is 2.95. The van der Waals surface area contributed by atoms with Crippen LogP contribution in [0.1, 0.15) is 5.56 Å². The molecule has 0 bridgehead atoms. The lowest BCUT2D eigenvalue weighted by molar-refractivity contribution is 0.600. The van der Waals surface area contributed by atoms with Crippen LogP contribution in [0.5, 0.6) is 0 Å². The number of nitrogens with zero attached hydrogens (tertiary/aromatic N) is 1. The SMILES string of the molecule is Cc1c(N)cc(Cl)cc1S(=O)(=O)Nc1ncc[nH]1. The first-order valence-electron chi connectivity index (χ1n) is 4.98. The van der Waals surface area contributed by atoms with E-state index >= 15 is 0 Å². The number of halogens is 1. The van der Waals surface area contributed by atoms with Gasteiger partial charge in [-0.05, 0) is 24.6 Å². The summed E-state index contributed by atoms with van der Waals surface area (Å²) in [5.74, 6) is 0.132. The number of anilines is 2. The second-order valence-electron chi connectivity index (χ2n) is 3.66. The van der Waals surface area contributed by atoms with Crippen molar-refractivity contribution < 1.29 is 8.42 Å². The number of aromatic nitrogens is 2. The summed E-state index contributed by atoms with van der Waals surface area (Å²) in [5, 5.41) is 0.262. The van der Waals surface area contributed by atoms with Gasteiger partial charge in [0.15, 0.2) is 0 Å². The Balaban J connectivity index is 2.48. The van der Waals surface area contributed by atoms with Crippen LogP contribution in [0.4, 0.5) is 11.6 Å². The van der Waals surface area contributed by atoms with Gasteiger partial charge in [-0.25, -0.2) is 18.1 Å². The van der Waals surface area contributed by atoms with Crippen LogP contribution in [-0.2, 0) is 10.0 Å². The number of nitrogens with two attached hydrogens (primary N) is 1. The molecule has 0 saturated heterocycles. The molecule has 4 N–H and O–H groups in total. The van der Waals surface area contributed by atoms with Gasteiger partial charge >= 0.3 is 0 Å². The van der Waals surface area contributed by atoms with Gasteiger partial charge in [-0.1, -0.05) is 11.6 Å². The number of sulfonamides is 1. The number of H-pyrrole nitrogens is 1. The normalized spacial score (nSPS) is 11.4. The maximum atomic E-state index is 12.1. The third kappa shape index (κ3) is 2.41. The molecule has 2 aromatic rings. The molecular weight excluding hydrogens is 276 g/mol. The number of aromatic amines is 1. The van der Waals surface area contributed by atoms with Crippen LogP contribution in [0, 0.1) is 6.92 Å². The number of hydrogen-bond acceptors (Lipinski definition) is 4. The molecule has 96 valence electrons. The lowest BCUT2D eigenvalue weighted by Gasteiger charge is -2.10. The Kier molecular flexibility index (Phi) is 3.18. The van der Waals surface area contributed by atoms with Gasteiger partial charge in [0.2, 0.25) is 5.95 Å². The Bertz CT molecular complexity index is 667. The zero-order valence-corrected chi connectivity index (χ0v) is 11.0. The molecule has 0 aliphatic heterocycles. The van der Waals surface area contributed by atoms with E-state index in [0.717, 1.165) is 0 Å². The summed E-state index contributed by atoms with van der Waals surface area (Å²) in [6.45, 7) is 1.61. The monoisotopic (exact) mass is 286 g/mol. The molecule has 0 aliphatic rings. The fourth-order valence-corrected chi connectivity index (χ4v) is 3.03. The summed E-state index contributed by atoms with van der Waals surface area (Å²) in [7, 11) is -3.77. The minimum atomic E-state index is -3.77. The lowest BCUT2D eigenvalue weighted by atomic mass is 10.2. The van der Waals surface area contributed by atoms with Crippen molar-refractivity contribution in [1.29, 1.82) is 0 Å². The quantitative estimate of drug-likeness (QED) is 0.748. The second kappa shape index (κ2) is 4.51. The second-order valence-corrected chi connectivity index (χ2v) is 5.75. The van der Waals surface area contributed by atoms with Crippen LogP contribution in [0.25, 0.3) is 0 Å². The smallest absolute Gasteiger partial charge is 0.264 e. The summed E-state index contributed by atoms with van der Waals surface area (Å²) in [5.41, 5.74) is 6.46. The molecule has 0 unspecified atom stereocenters. The Morgan fingerprint density at radius 2 is 2.17 bits per heavy atom. The van der Waals surface area contributed by atoms with Crippen LogP contribution < -0.4 is 10.5 Å². The van der Waals surface area contributed by atoms with E-state index in [1.807, 2.05) is 0 Å². The van der Waals surface area contributed by atoms with Gasteiger partial charge in [0.25, 0.3) is 10.0 Å². The molecule has 0 aliphatic carbocycles. The predicted molar refractivity (Wildman–Crippen MR) is 70.0 cm³/mol. The number of nitrogens with one attached hydrogen (secondary N) is 2. The molecule has 1 aromatic heterocycles. The molecule has 0 amide bonds. The topological polar surface area (TPSA) is 101 Å². The highest BCUT2D eigenvalue weighted by Crippen LogP contribution is 2.26. The predicted octanol–water partition coefficient (Wildman–Crippen LogP) is 1.75. The van der Waals surface area contributed by atoms with Gasteiger partial charge in [-0.2, -0.15) is 0 Å². The number of rotatable bonds is 3. The molecule has 0 saturated carbocycles. The zero-order valence-electron chi connectivity index (χ0n) is 9.44.